The molecule has 2 saturated heterocycles. The number of carbonyl (C=O) groups is 2. The Bertz CT molecular complexity index is 2050. The van der Waals surface area contributed by atoms with Crippen LogP contribution in [0.1, 0.15) is 62.7 Å². The number of carbonyl (C=O) groups excluding carboxylic acids is 1. The highest BCUT2D eigenvalue weighted by Crippen LogP contribution is 2.46. The lowest BCUT2D eigenvalue weighted by atomic mass is 10.1. The molecule has 2 saturated carbocycles. The summed E-state index contributed by atoms with van der Waals surface area (Å²) in [4.78, 5) is 45.4. The number of hydrogen-bond acceptors (Lipinski definition) is 13. The minimum atomic E-state index is -1.11. The van der Waals surface area contributed by atoms with Gasteiger partial charge in [0, 0.05) is 49.1 Å². The Morgan fingerprint density at radius 3 is 1.59 bits per heavy atom. The molecule has 0 bridgehead atoms. The molecular weight excluding hydrogens is 763 g/mol. The quantitative estimate of drug-likeness (QED) is 0.132. The molecule has 2 aromatic heterocycles. The van der Waals surface area contributed by atoms with Gasteiger partial charge in [0.2, 0.25) is 23.7 Å². The molecule has 2 aliphatic carbocycles. The van der Waals surface area contributed by atoms with E-state index < -0.39 is 11.9 Å². The Morgan fingerprint density at radius 2 is 1.18 bits per heavy atom. The van der Waals surface area contributed by atoms with E-state index in [1.165, 1.54) is 25.2 Å². The van der Waals surface area contributed by atoms with Crippen LogP contribution < -0.4 is 19.3 Å². The van der Waals surface area contributed by atoms with E-state index in [4.69, 9.17) is 42.5 Å². The van der Waals surface area contributed by atoms with Crippen LogP contribution in [0.5, 0.6) is 11.8 Å². The van der Waals surface area contributed by atoms with Gasteiger partial charge in [-0.2, -0.15) is 9.97 Å². The van der Waals surface area contributed by atoms with Gasteiger partial charge in [-0.3, -0.25) is 0 Å². The van der Waals surface area contributed by atoms with Gasteiger partial charge in [0.05, 0.1) is 45.4 Å². The summed E-state index contributed by atoms with van der Waals surface area (Å²) in [7, 11) is 0. The van der Waals surface area contributed by atoms with Gasteiger partial charge >= 0.3 is 11.9 Å². The zero-order valence-electron chi connectivity index (χ0n) is 30.9. The van der Waals surface area contributed by atoms with Crippen molar-refractivity contribution >= 4 is 47.0 Å². The number of carboxylic acids is 1. The summed E-state index contributed by atoms with van der Waals surface area (Å²) in [6, 6.07) is 10.9. The number of aromatic nitrogens is 4. The fraction of sp³-hybridized carbons (Fsp3) is 0.450. The molecule has 0 amide bonds. The Balaban J connectivity index is 0.000000172. The molecule has 4 aromatic rings. The van der Waals surface area contributed by atoms with Crippen molar-refractivity contribution in [3.63, 3.8) is 0 Å². The number of aliphatic hydroxyl groups excluding tert-OH is 2. The van der Waals surface area contributed by atoms with Crippen LogP contribution in [-0.2, 0) is 30.8 Å². The predicted molar refractivity (Wildman–Crippen MR) is 208 cm³/mol. The van der Waals surface area contributed by atoms with Crippen molar-refractivity contribution in [1.82, 2.24) is 19.9 Å². The highest BCUT2D eigenvalue weighted by Gasteiger charge is 2.47. The Labute approximate surface area is 334 Å². The van der Waals surface area contributed by atoms with Crippen LogP contribution in [-0.4, -0.2) is 93.2 Å². The monoisotopic (exact) mass is 806 g/mol. The summed E-state index contributed by atoms with van der Waals surface area (Å²) >= 11 is 12.2. The normalized spacial score (nSPS) is 20.1. The molecule has 16 heteroatoms. The van der Waals surface area contributed by atoms with Crippen molar-refractivity contribution in [2.75, 3.05) is 55.8 Å². The number of ether oxygens (including phenoxy) is 3. The molecule has 4 aliphatic rings. The molecule has 8 rings (SSSR count). The maximum atomic E-state index is 12.3. The molecule has 56 heavy (non-hydrogen) atoms. The molecule has 4 unspecified atom stereocenters. The summed E-state index contributed by atoms with van der Waals surface area (Å²) in [5.74, 6) is 2.79. The minimum absolute atomic E-state index is 0.0447. The van der Waals surface area contributed by atoms with Crippen molar-refractivity contribution in [1.29, 1.82) is 0 Å². The van der Waals surface area contributed by atoms with E-state index in [9.17, 15) is 19.8 Å². The summed E-state index contributed by atoms with van der Waals surface area (Å²) in [6.45, 7) is 6.16. The van der Waals surface area contributed by atoms with E-state index >= 15 is 0 Å². The minimum Gasteiger partial charge on any atom is -0.477 e. The van der Waals surface area contributed by atoms with Crippen LogP contribution in [0, 0.1) is 23.7 Å². The third-order valence-corrected chi connectivity index (χ3v) is 11.3. The number of halogens is 2. The van der Waals surface area contributed by atoms with Gasteiger partial charge in [0.1, 0.15) is 11.1 Å². The average Bonchev–Trinajstić information content (AvgIpc) is 4.03. The number of piperidine rings is 2. The smallest absolute Gasteiger partial charge is 0.345 e. The first kappa shape index (κ1) is 39.5. The third-order valence-electron chi connectivity index (χ3n) is 10.6. The summed E-state index contributed by atoms with van der Waals surface area (Å²) in [6.07, 6.45) is 6.49. The number of aromatic carboxylic acids is 1. The first-order valence-electron chi connectivity index (χ1n) is 18.8. The topological polar surface area (TPSA) is 181 Å². The average molecular weight is 808 g/mol. The lowest BCUT2D eigenvalue weighted by Crippen LogP contribution is -2.25. The van der Waals surface area contributed by atoms with E-state index in [-0.39, 0.29) is 49.3 Å². The van der Waals surface area contributed by atoms with Gasteiger partial charge in [-0.05, 0) is 77.8 Å². The number of aliphatic hydroxyl groups is 2. The molecule has 296 valence electrons. The molecule has 0 radical (unpaired) electrons. The van der Waals surface area contributed by atoms with Crippen molar-refractivity contribution in [2.45, 2.75) is 45.8 Å². The number of carboxylic acid groups (broad SMARTS) is 1. The molecule has 3 N–H and O–H groups in total. The molecule has 4 fully saturated rings. The highest BCUT2D eigenvalue weighted by atomic mass is 35.5. The molecule has 0 spiro atoms. The first-order valence-corrected chi connectivity index (χ1v) is 19.6. The number of benzene rings is 2. The summed E-state index contributed by atoms with van der Waals surface area (Å²) in [5, 5.41) is 28.8. The third kappa shape index (κ3) is 9.43. The largest absolute Gasteiger partial charge is 0.477 e. The van der Waals surface area contributed by atoms with E-state index in [0.29, 0.717) is 52.5 Å². The number of fused-ring (bicyclic) bond motifs is 2. The maximum absolute atomic E-state index is 12.3. The SMILES string of the molecule is CCOC(=O)c1cnc(N2CC3CC3C2)nc1OCCc1ccc(CO)c(Cl)c1.O=C(O)c1cnc(N2CC3CC3C2)nc1OCCc1ccc(CO)c(Cl)c1. The summed E-state index contributed by atoms with van der Waals surface area (Å²) in [5.41, 5.74) is 3.44. The van der Waals surface area contributed by atoms with Gasteiger partial charge < -0.3 is 39.3 Å². The van der Waals surface area contributed by atoms with Gasteiger partial charge in [0.25, 0.3) is 0 Å². The fourth-order valence-corrected chi connectivity index (χ4v) is 7.66. The molecular formula is C40H44Cl2N6O8. The predicted octanol–water partition coefficient (Wildman–Crippen LogP) is 5.27. The van der Waals surface area contributed by atoms with Gasteiger partial charge in [-0.1, -0.05) is 47.5 Å². The fourth-order valence-electron chi connectivity index (χ4n) is 7.14. The summed E-state index contributed by atoms with van der Waals surface area (Å²) < 4.78 is 16.7. The van der Waals surface area contributed by atoms with Crippen molar-refractivity contribution in [2.24, 2.45) is 23.7 Å². The number of esters is 1. The van der Waals surface area contributed by atoms with Gasteiger partial charge in [0.15, 0.2) is 0 Å². The first-order chi connectivity index (χ1) is 27.1. The van der Waals surface area contributed by atoms with Gasteiger partial charge in [-0.25, -0.2) is 19.6 Å². The van der Waals surface area contributed by atoms with E-state index in [1.54, 1.807) is 25.1 Å². The number of hydrogen-bond donors (Lipinski definition) is 3. The van der Waals surface area contributed by atoms with E-state index in [2.05, 4.69) is 29.7 Å². The van der Waals surface area contributed by atoms with Crippen molar-refractivity contribution in [3.05, 3.63) is 92.2 Å². The molecule has 4 heterocycles. The van der Waals surface area contributed by atoms with Crippen molar-refractivity contribution < 1.29 is 39.1 Å². The molecule has 4 atom stereocenters. The van der Waals surface area contributed by atoms with Crippen LogP contribution in [0.15, 0.2) is 48.8 Å². The number of nitrogens with zero attached hydrogens (tertiary/aromatic N) is 6. The Morgan fingerprint density at radius 1 is 0.732 bits per heavy atom. The van der Waals surface area contributed by atoms with Gasteiger partial charge in [-0.15, -0.1) is 0 Å². The molecule has 2 aromatic carbocycles. The number of rotatable bonds is 15. The second-order valence-corrected chi connectivity index (χ2v) is 15.3. The zero-order valence-corrected chi connectivity index (χ0v) is 32.5. The molecule has 2 aliphatic heterocycles. The lowest BCUT2D eigenvalue weighted by molar-refractivity contribution is 0.0519. The lowest BCUT2D eigenvalue weighted by Gasteiger charge is -2.19. The number of anilines is 2. The molecule has 14 nitrogen and oxygen atoms in total. The van der Waals surface area contributed by atoms with Crippen LogP contribution in [0.3, 0.4) is 0 Å². The van der Waals surface area contributed by atoms with Crippen LogP contribution >= 0.6 is 23.2 Å². The van der Waals surface area contributed by atoms with Crippen molar-refractivity contribution in [3.8, 4) is 11.8 Å². The van der Waals surface area contributed by atoms with Crippen LogP contribution in [0.4, 0.5) is 11.9 Å². The Kier molecular flexibility index (Phi) is 12.4. The van der Waals surface area contributed by atoms with E-state index in [1.807, 2.05) is 18.2 Å². The van der Waals surface area contributed by atoms with Crippen LogP contribution in [0.25, 0.3) is 0 Å². The maximum Gasteiger partial charge on any atom is 0.345 e. The second-order valence-electron chi connectivity index (χ2n) is 14.5. The highest BCUT2D eigenvalue weighted by molar-refractivity contribution is 6.31. The Hall–Kier alpha value is -4.76. The van der Waals surface area contributed by atoms with Crippen LogP contribution in [0.2, 0.25) is 10.0 Å². The zero-order chi connectivity index (χ0) is 39.3. The second kappa shape index (κ2) is 17.6. The standard InChI is InChI=1S/C21H24ClN3O4.C19H20ClN3O4/c1-2-28-20(27)17-9-23-21(25-10-15-8-16(15)11-25)24-19(17)29-6-5-13-3-4-14(12-26)18(22)7-13;20-16-5-11(1-2-12(16)10-24)3-4-27-17-15(18(25)26)7-21-19(22-17)23-8-13-6-14(13)9-23/h3-4,7,9,15-16,26H,2,5-6,8,10-12H2,1H3;1-2,5,7,13-14,24H,3-4,6,8-10H2,(H,25,26). The van der Waals surface area contributed by atoms with E-state index in [0.717, 1.165) is 61.0 Å².